The summed E-state index contributed by atoms with van der Waals surface area (Å²) in [6.07, 6.45) is -5.10. The molecule has 9 heteroatoms. The first kappa shape index (κ1) is 24.0. The third-order valence-corrected chi connectivity index (χ3v) is 4.94. The van der Waals surface area contributed by atoms with Gasteiger partial charge in [-0.25, -0.2) is 0 Å². The van der Waals surface area contributed by atoms with Gasteiger partial charge in [0, 0.05) is 29.1 Å². The van der Waals surface area contributed by atoms with Crippen LogP contribution >= 0.6 is 35.3 Å². The zero-order valence-corrected chi connectivity index (χ0v) is 18.2. The zero-order valence-electron chi connectivity index (χ0n) is 15.1. The molecule has 0 saturated heterocycles. The molecule has 0 fully saturated rings. The summed E-state index contributed by atoms with van der Waals surface area (Å²) in [6.45, 7) is 3.13. The second-order valence-electron chi connectivity index (χ2n) is 5.92. The molecule has 0 amide bonds. The van der Waals surface area contributed by atoms with Crippen molar-refractivity contribution in [1.29, 1.82) is 0 Å². The van der Waals surface area contributed by atoms with Crippen LogP contribution in [-0.2, 0) is 0 Å². The van der Waals surface area contributed by atoms with Crippen LogP contribution in [0.1, 0.15) is 37.2 Å². The Morgan fingerprint density at radius 1 is 1.22 bits per heavy atom. The number of aliphatic hydroxyl groups is 1. The van der Waals surface area contributed by atoms with Gasteiger partial charge in [0.15, 0.2) is 5.96 Å². The molecule has 1 atom stereocenters. The summed E-state index contributed by atoms with van der Waals surface area (Å²) in [5, 5.41) is 17.5. The number of guanidine groups is 1. The summed E-state index contributed by atoms with van der Waals surface area (Å²) < 4.78 is 37.5. The molecule has 4 nitrogen and oxygen atoms in total. The van der Waals surface area contributed by atoms with Crippen LogP contribution in [0.4, 0.5) is 13.2 Å². The highest BCUT2D eigenvalue weighted by Gasteiger charge is 2.25. The normalized spacial score (nSPS) is 13.3. The van der Waals surface area contributed by atoms with Gasteiger partial charge in [-0.1, -0.05) is 18.2 Å². The molecular formula is C18H25F3IN3OS. The SMILES string of the molecule is CCNC(=NCC(O)c1cc2ccccc2s1)NCCCCC(F)(F)F.I. The number of fused-ring (bicyclic) bond motifs is 1. The highest BCUT2D eigenvalue weighted by atomic mass is 127. The second-order valence-corrected chi connectivity index (χ2v) is 7.04. The Balaban J connectivity index is 0.00000364. The first-order valence-corrected chi connectivity index (χ1v) is 9.46. The van der Waals surface area contributed by atoms with E-state index in [1.54, 1.807) is 0 Å². The lowest BCUT2D eigenvalue weighted by Crippen LogP contribution is -2.38. The van der Waals surface area contributed by atoms with Crippen molar-refractivity contribution in [1.82, 2.24) is 10.6 Å². The number of hydrogen-bond acceptors (Lipinski definition) is 3. The van der Waals surface area contributed by atoms with Crippen LogP contribution in [0.15, 0.2) is 35.3 Å². The first-order chi connectivity index (χ1) is 12.4. The quantitative estimate of drug-likeness (QED) is 0.204. The van der Waals surface area contributed by atoms with E-state index < -0.39 is 18.7 Å². The molecule has 1 aromatic heterocycles. The third kappa shape index (κ3) is 8.65. The van der Waals surface area contributed by atoms with Gasteiger partial charge < -0.3 is 15.7 Å². The minimum absolute atomic E-state index is 0. The number of thiophene rings is 1. The number of aliphatic hydroxyl groups excluding tert-OH is 1. The molecular weight excluding hydrogens is 490 g/mol. The molecule has 1 aromatic carbocycles. The highest BCUT2D eigenvalue weighted by molar-refractivity contribution is 14.0. The second kappa shape index (κ2) is 11.7. The van der Waals surface area contributed by atoms with E-state index in [2.05, 4.69) is 15.6 Å². The molecule has 152 valence electrons. The molecule has 0 aliphatic carbocycles. The number of nitrogens with one attached hydrogen (secondary N) is 2. The maximum atomic E-state index is 12.1. The van der Waals surface area contributed by atoms with Crippen molar-refractivity contribution >= 4 is 51.4 Å². The largest absolute Gasteiger partial charge is 0.389 e. The lowest BCUT2D eigenvalue weighted by Gasteiger charge is -2.13. The van der Waals surface area contributed by atoms with Gasteiger partial charge in [-0.05, 0) is 37.3 Å². The summed E-state index contributed by atoms with van der Waals surface area (Å²) in [7, 11) is 0. The van der Waals surface area contributed by atoms with Crippen LogP contribution in [0.2, 0.25) is 0 Å². The molecule has 2 rings (SSSR count). The molecule has 0 spiro atoms. The van der Waals surface area contributed by atoms with E-state index in [4.69, 9.17) is 0 Å². The molecule has 0 saturated carbocycles. The van der Waals surface area contributed by atoms with Crippen molar-refractivity contribution < 1.29 is 18.3 Å². The van der Waals surface area contributed by atoms with Gasteiger partial charge >= 0.3 is 6.18 Å². The number of rotatable bonds is 8. The van der Waals surface area contributed by atoms with E-state index in [0.29, 0.717) is 25.5 Å². The minimum Gasteiger partial charge on any atom is -0.386 e. The Morgan fingerprint density at radius 3 is 2.63 bits per heavy atom. The van der Waals surface area contributed by atoms with Gasteiger partial charge in [-0.15, -0.1) is 35.3 Å². The molecule has 0 bridgehead atoms. The van der Waals surface area contributed by atoms with Crippen LogP contribution in [0.3, 0.4) is 0 Å². The van der Waals surface area contributed by atoms with E-state index in [1.165, 1.54) is 11.3 Å². The lowest BCUT2D eigenvalue weighted by molar-refractivity contribution is -0.135. The van der Waals surface area contributed by atoms with Gasteiger partial charge in [-0.2, -0.15) is 13.2 Å². The third-order valence-electron chi connectivity index (χ3n) is 3.72. The Hall–Kier alpha value is -1.07. The van der Waals surface area contributed by atoms with Gasteiger partial charge in [-0.3, -0.25) is 4.99 Å². The van der Waals surface area contributed by atoms with E-state index in [0.717, 1.165) is 15.0 Å². The zero-order chi connectivity index (χ0) is 19.0. The number of unbranched alkanes of at least 4 members (excludes halogenated alkanes) is 1. The molecule has 0 aliphatic heterocycles. The fourth-order valence-electron chi connectivity index (χ4n) is 2.43. The minimum atomic E-state index is -4.10. The number of alkyl halides is 3. The standard InChI is InChI=1S/C18H24F3N3OS.HI/c1-2-22-17(23-10-6-5-9-18(19,20)21)24-12-14(25)16-11-13-7-3-4-8-15(13)26-16;/h3-4,7-8,11,14,25H,2,5-6,9-10,12H2,1H3,(H2,22,23,24);1H. The predicted octanol–water partition coefficient (Wildman–Crippen LogP) is 4.84. The van der Waals surface area contributed by atoms with Gasteiger partial charge in [0.05, 0.1) is 6.54 Å². The fraction of sp³-hybridized carbons (Fsp3) is 0.500. The van der Waals surface area contributed by atoms with Crippen LogP contribution in [0.25, 0.3) is 10.1 Å². The van der Waals surface area contributed by atoms with E-state index >= 15 is 0 Å². The summed E-state index contributed by atoms with van der Waals surface area (Å²) in [4.78, 5) is 5.18. The van der Waals surface area contributed by atoms with Crippen molar-refractivity contribution in [2.24, 2.45) is 4.99 Å². The highest BCUT2D eigenvalue weighted by Crippen LogP contribution is 2.29. The van der Waals surface area contributed by atoms with Crippen molar-refractivity contribution in [2.45, 2.75) is 38.5 Å². The molecule has 1 unspecified atom stereocenters. The van der Waals surface area contributed by atoms with E-state index in [1.807, 2.05) is 37.3 Å². The maximum absolute atomic E-state index is 12.1. The number of hydrogen-bond donors (Lipinski definition) is 3. The van der Waals surface area contributed by atoms with Crippen molar-refractivity contribution in [2.75, 3.05) is 19.6 Å². The van der Waals surface area contributed by atoms with Crippen LogP contribution in [0.5, 0.6) is 0 Å². The van der Waals surface area contributed by atoms with Gasteiger partial charge in [0.1, 0.15) is 6.10 Å². The van der Waals surface area contributed by atoms with Crippen molar-refractivity contribution in [3.63, 3.8) is 0 Å². The summed E-state index contributed by atoms with van der Waals surface area (Å²) in [6, 6.07) is 9.87. The van der Waals surface area contributed by atoms with E-state index in [-0.39, 0.29) is 36.9 Å². The fourth-order valence-corrected chi connectivity index (χ4v) is 3.48. The van der Waals surface area contributed by atoms with Gasteiger partial charge in [0.25, 0.3) is 0 Å². The maximum Gasteiger partial charge on any atom is 0.389 e. The lowest BCUT2D eigenvalue weighted by atomic mass is 10.2. The topological polar surface area (TPSA) is 56.7 Å². The monoisotopic (exact) mass is 515 g/mol. The van der Waals surface area contributed by atoms with Crippen LogP contribution in [-0.4, -0.2) is 36.9 Å². The molecule has 2 aromatic rings. The Morgan fingerprint density at radius 2 is 1.96 bits per heavy atom. The average Bonchev–Trinajstić information content (AvgIpc) is 3.02. The molecule has 27 heavy (non-hydrogen) atoms. The van der Waals surface area contributed by atoms with Crippen molar-refractivity contribution in [3.8, 4) is 0 Å². The Bertz CT molecular complexity index is 688. The van der Waals surface area contributed by atoms with E-state index in [9.17, 15) is 18.3 Å². The summed E-state index contributed by atoms with van der Waals surface area (Å²) >= 11 is 1.53. The molecule has 3 N–H and O–H groups in total. The number of halogens is 4. The smallest absolute Gasteiger partial charge is 0.386 e. The van der Waals surface area contributed by atoms with Crippen molar-refractivity contribution in [3.05, 3.63) is 35.2 Å². The first-order valence-electron chi connectivity index (χ1n) is 8.64. The van der Waals surface area contributed by atoms with Crippen LogP contribution < -0.4 is 10.6 Å². The molecule has 1 heterocycles. The summed E-state index contributed by atoms with van der Waals surface area (Å²) in [5.74, 6) is 0.500. The summed E-state index contributed by atoms with van der Waals surface area (Å²) in [5.41, 5.74) is 0. The predicted molar refractivity (Wildman–Crippen MR) is 116 cm³/mol. The Labute approximate surface area is 178 Å². The average molecular weight is 515 g/mol. The van der Waals surface area contributed by atoms with Crippen LogP contribution in [0, 0.1) is 0 Å². The molecule has 0 radical (unpaired) electrons. The number of benzene rings is 1. The molecule has 0 aliphatic rings. The van der Waals surface area contributed by atoms with Gasteiger partial charge in [0.2, 0.25) is 0 Å². The number of nitrogens with zero attached hydrogens (tertiary/aromatic N) is 1. The Kier molecular flexibility index (Phi) is 10.4. The number of aliphatic imine (C=N–C) groups is 1.